The Balaban J connectivity index is 1.61. The van der Waals surface area contributed by atoms with Gasteiger partial charge in [-0.05, 0) is 18.1 Å². The van der Waals surface area contributed by atoms with Gasteiger partial charge in [0.2, 0.25) is 0 Å². The van der Waals surface area contributed by atoms with Crippen molar-refractivity contribution in [3.05, 3.63) is 71.8 Å². The van der Waals surface area contributed by atoms with Crippen LogP contribution in [0.1, 0.15) is 18.1 Å². The van der Waals surface area contributed by atoms with Crippen molar-refractivity contribution >= 4 is 0 Å². The van der Waals surface area contributed by atoms with Crippen LogP contribution in [0, 0.1) is 0 Å². The van der Waals surface area contributed by atoms with E-state index in [9.17, 15) is 0 Å². The lowest BCUT2D eigenvalue weighted by molar-refractivity contribution is 0.00637. The van der Waals surface area contributed by atoms with Crippen molar-refractivity contribution in [1.82, 2.24) is 9.80 Å². The van der Waals surface area contributed by atoms with E-state index in [1.54, 1.807) is 0 Å². The second-order valence-electron chi connectivity index (χ2n) is 6.49. The van der Waals surface area contributed by atoms with E-state index in [0.29, 0.717) is 6.04 Å². The van der Waals surface area contributed by atoms with Gasteiger partial charge in [0.05, 0.1) is 6.61 Å². The fourth-order valence-corrected chi connectivity index (χ4v) is 3.38. The van der Waals surface area contributed by atoms with Crippen LogP contribution in [0.25, 0.3) is 0 Å². The summed E-state index contributed by atoms with van der Waals surface area (Å²) >= 11 is 0. The molecule has 1 saturated heterocycles. The zero-order chi connectivity index (χ0) is 16.6. The molecule has 0 spiro atoms. The summed E-state index contributed by atoms with van der Waals surface area (Å²) in [5.41, 5.74) is 2.78. The Labute approximate surface area is 145 Å². The standard InChI is InChI=1S/C21H28N2O/c1-2-24-18-21-17-22(15-19-9-5-3-6-10-19)13-14-23(21)16-20-11-7-4-8-12-20/h3-12,21H,2,13-18H2,1H3. The number of hydrogen-bond donors (Lipinski definition) is 0. The first kappa shape index (κ1) is 17.2. The van der Waals surface area contributed by atoms with Crippen LogP contribution >= 0.6 is 0 Å². The zero-order valence-electron chi connectivity index (χ0n) is 14.6. The maximum Gasteiger partial charge on any atom is 0.0634 e. The highest BCUT2D eigenvalue weighted by Crippen LogP contribution is 2.17. The van der Waals surface area contributed by atoms with Gasteiger partial charge in [-0.15, -0.1) is 0 Å². The van der Waals surface area contributed by atoms with Crippen LogP contribution in [0.4, 0.5) is 0 Å². The van der Waals surface area contributed by atoms with Crippen molar-refractivity contribution in [3.8, 4) is 0 Å². The first-order chi connectivity index (χ1) is 11.8. The second kappa shape index (κ2) is 8.97. The summed E-state index contributed by atoms with van der Waals surface area (Å²) in [7, 11) is 0. The molecule has 0 aliphatic carbocycles. The molecule has 0 N–H and O–H groups in total. The molecular formula is C21H28N2O. The average Bonchev–Trinajstić information content (AvgIpc) is 2.63. The summed E-state index contributed by atoms with van der Waals surface area (Å²) in [6.07, 6.45) is 0. The van der Waals surface area contributed by atoms with Gasteiger partial charge >= 0.3 is 0 Å². The lowest BCUT2D eigenvalue weighted by Crippen LogP contribution is -2.54. The summed E-state index contributed by atoms with van der Waals surface area (Å²) < 4.78 is 5.77. The van der Waals surface area contributed by atoms with E-state index in [4.69, 9.17) is 4.74 Å². The molecule has 2 aromatic rings. The monoisotopic (exact) mass is 324 g/mol. The van der Waals surface area contributed by atoms with E-state index in [1.165, 1.54) is 11.1 Å². The lowest BCUT2D eigenvalue weighted by Gasteiger charge is -2.41. The second-order valence-corrected chi connectivity index (χ2v) is 6.49. The van der Waals surface area contributed by atoms with Crippen LogP contribution in [0.3, 0.4) is 0 Å². The minimum absolute atomic E-state index is 0.461. The zero-order valence-corrected chi connectivity index (χ0v) is 14.6. The number of hydrogen-bond acceptors (Lipinski definition) is 3. The summed E-state index contributed by atoms with van der Waals surface area (Å²) in [5, 5.41) is 0. The molecule has 1 aliphatic rings. The van der Waals surface area contributed by atoms with E-state index >= 15 is 0 Å². The Morgan fingerprint density at radius 3 is 2.12 bits per heavy atom. The molecule has 3 heteroatoms. The third-order valence-electron chi connectivity index (χ3n) is 4.68. The van der Waals surface area contributed by atoms with Crippen LogP contribution in [-0.2, 0) is 17.8 Å². The molecule has 1 atom stereocenters. The van der Waals surface area contributed by atoms with Crippen LogP contribution in [0.2, 0.25) is 0 Å². The smallest absolute Gasteiger partial charge is 0.0634 e. The molecule has 1 heterocycles. The highest BCUT2D eigenvalue weighted by molar-refractivity contribution is 5.16. The Morgan fingerprint density at radius 1 is 0.875 bits per heavy atom. The number of nitrogens with zero attached hydrogens (tertiary/aromatic N) is 2. The van der Waals surface area contributed by atoms with Crippen LogP contribution in [-0.4, -0.2) is 48.7 Å². The molecular weight excluding hydrogens is 296 g/mol. The fraction of sp³-hybridized carbons (Fsp3) is 0.429. The van der Waals surface area contributed by atoms with Crippen molar-refractivity contribution in [1.29, 1.82) is 0 Å². The Hall–Kier alpha value is -1.68. The van der Waals surface area contributed by atoms with Crippen LogP contribution in [0.5, 0.6) is 0 Å². The number of ether oxygens (including phenoxy) is 1. The van der Waals surface area contributed by atoms with E-state index in [0.717, 1.165) is 45.9 Å². The largest absolute Gasteiger partial charge is 0.380 e. The molecule has 0 amide bonds. The van der Waals surface area contributed by atoms with Crippen molar-refractivity contribution in [2.24, 2.45) is 0 Å². The highest BCUT2D eigenvalue weighted by Gasteiger charge is 2.27. The van der Waals surface area contributed by atoms with Crippen LogP contribution in [0.15, 0.2) is 60.7 Å². The minimum atomic E-state index is 0.461. The van der Waals surface area contributed by atoms with Gasteiger partial charge in [0.25, 0.3) is 0 Å². The minimum Gasteiger partial charge on any atom is -0.380 e. The normalized spacial score (nSPS) is 19.5. The quantitative estimate of drug-likeness (QED) is 0.776. The van der Waals surface area contributed by atoms with Crippen molar-refractivity contribution in [2.45, 2.75) is 26.1 Å². The van der Waals surface area contributed by atoms with Crippen molar-refractivity contribution in [3.63, 3.8) is 0 Å². The third-order valence-corrected chi connectivity index (χ3v) is 4.68. The molecule has 3 rings (SSSR count). The molecule has 1 aliphatic heterocycles. The highest BCUT2D eigenvalue weighted by atomic mass is 16.5. The Kier molecular flexibility index (Phi) is 6.41. The van der Waals surface area contributed by atoms with E-state index in [-0.39, 0.29) is 0 Å². The van der Waals surface area contributed by atoms with E-state index in [2.05, 4.69) is 77.4 Å². The van der Waals surface area contributed by atoms with Gasteiger partial charge in [0, 0.05) is 45.4 Å². The predicted octanol–water partition coefficient (Wildman–Crippen LogP) is 3.41. The van der Waals surface area contributed by atoms with E-state index < -0.39 is 0 Å². The molecule has 0 bridgehead atoms. The van der Waals surface area contributed by atoms with E-state index in [1.807, 2.05) is 0 Å². The topological polar surface area (TPSA) is 15.7 Å². The fourth-order valence-electron chi connectivity index (χ4n) is 3.38. The molecule has 2 aromatic carbocycles. The first-order valence-corrected chi connectivity index (χ1v) is 8.97. The molecule has 1 unspecified atom stereocenters. The maximum absolute atomic E-state index is 5.77. The van der Waals surface area contributed by atoms with Crippen LogP contribution < -0.4 is 0 Å². The number of piperazine rings is 1. The SMILES string of the molecule is CCOCC1CN(Cc2ccccc2)CCN1Cc1ccccc1. The van der Waals surface area contributed by atoms with Gasteiger partial charge in [-0.3, -0.25) is 9.80 Å². The molecule has 0 saturated carbocycles. The molecule has 1 fully saturated rings. The molecule has 3 nitrogen and oxygen atoms in total. The Morgan fingerprint density at radius 2 is 1.50 bits per heavy atom. The van der Waals surface area contributed by atoms with Gasteiger partial charge in [0.15, 0.2) is 0 Å². The first-order valence-electron chi connectivity index (χ1n) is 8.97. The van der Waals surface area contributed by atoms with Crippen molar-refractivity contribution < 1.29 is 4.74 Å². The Bertz CT molecular complexity index is 587. The van der Waals surface area contributed by atoms with Gasteiger partial charge in [-0.25, -0.2) is 0 Å². The molecule has 0 radical (unpaired) electrons. The van der Waals surface area contributed by atoms with Crippen molar-refractivity contribution in [2.75, 3.05) is 32.8 Å². The molecule has 128 valence electrons. The van der Waals surface area contributed by atoms with Gasteiger partial charge in [-0.1, -0.05) is 60.7 Å². The molecule has 24 heavy (non-hydrogen) atoms. The summed E-state index contributed by atoms with van der Waals surface area (Å²) in [5.74, 6) is 0. The summed E-state index contributed by atoms with van der Waals surface area (Å²) in [4.78, 5) is 5.13. The summed E-state index contributed by atoms with van der Waals surface area (Å²) in [6.45, 7) is 9.00. The van der Waals surface area contributed by atoms with Gasteiger partial charge in [0.1, 0.15) is 0 Å². The number of benzene rings is 2. The lowest BCUT2D eigenvalue weighted by atomic mass is 10.1. The van der Waals surface area contributed by atoms with Gasteiger partial charge in [-0.2, -0.15) is 0 Å². The predicted molar refractivity (Wildman–Crippen MR) is 98.9 cm³/mol. The van der Waals surface area contributed by atoms with Gasteiger partial charge < -0.3 is 4.74 Å². The maximum atomic E-state index is 5.77. The third kappa shape index (κ3) is 4.91. The average molecular weight is 324 g/mol. The number of rotatable bonds is 7. The molecule has 0 aromatic heterocycles. The summed E-state index contributed by atoms with van der Waals surface area (Å²) in [6, 6.07) is 22.0.